The summed E-state index contributed by atoms with van der Waals surface area (Å²) in [6, 6.07) is 11.9. The molecule has 0 unspecified atom stereocenters. The third kappa shape index (κ3) is 4.23. The zero-order valence-electron chi connectivity index (χ0n) is 13.4. The molecule has 1 fully saturated rings. The van der Waals surface area contributed by atoms with E-state index in [-0.39, 0.29) is 16.2 Å². The molecule has 1 N–H and O–H groups in total. The molecule has 0 bridgehead atoms. The maximum Gasteiger partial charge on any atom is 0.312 e. The van der Waals surface area contributed by atoms with E-state index in [1.165, 1.54) is 12.1 Å². The Balaban J connectivity index is 1.74. The number of rotatable bonds is 4. The Morgan fingerprint density at radius 3 is 2.33 bits per heavy atom. The molecule has 0 radical (unpaired) electrons. The number of amides is 3. The number of nitro benzene ring substituents is 1. The lowest BCUT2D eigenvalue weighted by Crippen LogP contribution is -2.44. The lowest BCUT2D eigenvalue weighted by molar-refractivity contribution is -0.384. The van der Waals surface area contributed by atoms with Crippen LogP contribution in [0.2, 0.25) is 0 Å². The number of non-ortho nitro benzene ring substituents is 1. The Bertz CT molecular complexity index is 973. The number of imide groups is 1. The lowest BCUT2D eigenvalue weighted by atomic mass is 10.2. The number of carbonyl (C=O) groups is 3. The van der Waals surface area contributed by atoms with Crippen LogP contribution in [0.5, 0.6) is 0 Å². The molecule has 1 heterocycles. The van der Waals surface area contributed by atoms with E-state index < -0.39 is 22.0 Å². The summed E-state index contributed by atoms with van der Waals surface area (Å²) < 4.78 is 0.878. The van der Waals surface area contributed by atoms with E-state index in [0.717, 1.165) is 22.2 Å². The number of halogens is 1. The largest absolute Gasteiger partial charge is 0.312 e. The van der Waals surface area contributed by atoms with Crippen LogP contribution < -0.4 is 5.43 Å². The summed E-state index contributed by atoms with van der Waals surface area (Å²) in [4.78, 5) is 46.9. The van der Waals surface area contributed by atoms with Crippen molar-refractivity contribution in [3.05, 3.63) is 79.2 Å². The van der Waals surface area contributed by atoms with Gasteiger partial charge in [-0.3, -0.25) is 29.9 Å². The molecule has 0 atom stereocenters. The van der Waals surface area contributed by atoms with Gasteiger partial charge < -0.3 is 0 Å². The minimum atomic E-state index is -0.725. The first-order valence-corrected chi connectivity index (χ1v) is 9.05. The maximum atomic E-state index is 12.4. The van der Waals surface area contributed by atoms with Gasteiger partial charge in [0.25, 0.3) is 17.5 Å². The Kier molecular flexibility index (Phi) is 5.38. The van der Waals surface area contributed by atoms with Crippen LogP contribution in [0.15, 0.2) is 57.9 Å². The van der Waals surface area contributed by atoms with Gasteiger partial charge in [-0.1, -0.05) is 28.1 Å². The highest BCUT2D eigenvalue weighted by Crippen LogP contribution is 2.31. The van der Waals surface area contributed by atoms with Gasteiger partial charge in [-0.05, 0) is 47.7 Å². The summed E-state index contributed by atoms with van der Waals surface area (Å²) in [7, 11) is 0. The predicted octanol–water partition coefficient (Wildman–Crippen LogP) is 3.74. The molecule has 2 aromatic carbocycles. The molecule has 136 valence electrons. The molecule has 2 aromatic rings. The molecule has 0 spiro atoms. The lowest BCUT2D eigenvalue weighted by Gasteiger charge is -2.13. The van der Waals surface area contributed by atoms with E-state index in [1.807, 2.05) is 0 Å². The summed E-state index contributed by atoms with van der Waals surface area (Å²) in [6.45, 7) is 0. The third-order valence-electron chi connectivity index (χ3n) is 3.52. The van der Waals surface area contributed by atoms with Crippen LogP contribution in [0, 0.1) is 10.1 Å². The highest BCUT2D eigenvalue weighted by atomic mass is 79.9. The second-order valence-electron chi connectivity index (χ2n) is 5.31. The average Bonchev–Trinajstić information content (AvgIpc) is 2.91. The normalized spacial score (nSPS) is 15.3. The monoisotopic (exact) mass is 447 g/mol. The molecule has 27 heavy (non-hydrogen) atoms. The van der Waals surface area contributed by atoms with Crippen molar-refractivity contribution in [3.8, 4) is 0 Å². The first-order chi connectivity index (χ1) is 12.8. The Morgan fingerprint density at radius 2 is 1.74 bits per heavy atom. The molecule has 10 heteroatoms. The van der Waals surface area contributed by atoms with Gasteiger partial charge in [0.15, 0.2) is 0 Å². The van der Waals surface area contributed by atoms with Gasteiger partial charge in [0.2, 0.25) is 0 Å². The van der Waals surface area contributed by atoms with Crippen LogP contribution in [0.25, 0.3) is 6.08 Å². The van der Waals surface area contributed by atoms with Crippen LogP contribution in [-0.4, -0.2) is 27.0 Å². The van der Waals surface area contributed by atoms with Gasteiger partial charge >= 0.3 is 5.24 Å². The number of hydrogen-bond donors (Lipinski definition) is 1. The van der Waals surface area contributed by atoms with E-state index in [0.29, 0.717) is 16.8 Å². The van der Waals surface area contributed by atoms with Gasteiger partial charge in [-0.25, -0.2) is 0 Å². The number of nitrogens with one attached hydrogen (secondary N) is 1. The standard InChI is InChI=1S/C17H10BrN3O5S/c18-12-5-1-10(2-6-12)9-14-16(23)20(17(24)27-14)19-15(22)11-3-7-13(8-4-11)21(25)26/h1-9H,(H,19,22). The zero-order valence-corrected chi connectivity index (χ0v) is 15.8. The van der Waals surface area contributed by atoms with Crippen molar-refractivity contribution in [2.24, 2.45) is 0 Å². The van der Waals surface area contributed by atoms with E-state index >= 15 is 0 Å². The minimum absolute atomic E-state index is 0.0801. The second-order valence-corrected chi connectivity index (χ2v) is 7.22. The number of hydrazine groups is 1. The van der Waals surface area contributed by atoms with Gasteiger partial charge in [-0.15, -0.1) is 0 Å². The molecule has 3 amide bonds. The Hall–Kier alpha value is -2.98. The maximum absolute atomic E-state index is 12.4. The summed E-state index contributed by atoms with van der Waals surface area (Å²) >= 11 is 4.02. The Morgan fingerprint density at radius 1 is 1.11 bits per heavy atom. The third-order valence-corrected chi connectivity index (χ3v) is 4.91. The van der Waals surface area contributed by atoms with Crippen molar-refractivity contribution in [3.63, 3.8) is 0 Å². The zero-order chi connectivity index (χ0) is 19.6. The SMILES string of the molecule is O=C(NN1C(=O)SC(=Cc2ccc(Br)cc2)C1=O)c1ccc([N+](=O)[O-])cc1. The molecule has 8 nitrogen and oxygen atoms in total. The van der Waals surface area contributed by atoms with Crippen molar-refractivity contribution in [2.75, 3.05) is 0 Å². The van der Waals surface area contributed by atoms with Crippen molar-refractivity contribution >= 4 is 56.5 Å². The molecule has 1 aliphatic heterocycles. The molecule has 0 aliphatic carbocycles. The van der Waals surface area contributed by atoms with Crippen LogP contribution in [0.1, 0.15) is 15.9 Å². The average molecular weight is 448 g/mol. The molecular weight excluding hydrogens is 438 g/mol. The van der Waals surface area contributed by atoms with Gasteiger partial charge in [0.1, 0.15) is 0 Å². The number of nitro groups is 1. The number of benzene rings is 2. The highest BCUT2D eigenvalue weighted by molar-refractivity contribution is 9.10. The Labute approximate surface area is 165 Å². The number of nitrogens with zero attached hydrogens (tertiary/aromatic N) is 2. The van der Waals surface area contributed by atoms with E-state index in [1.54, 1.807) is 30.3 Å². The topological polar surface area (TPSA) is 110 Å². The van der Waals surface area contributed by atoms with E-state index in [2.05, 4.69) is 21.4 Å². The van der Waals surface area contributed by atoms with Crippen molar-refractivity contribution in [2.45, 2.75) is 0 Å². The van der Waals surface area contributed by atoms with E-state index in [4.69, 9.17) is 0 Å². The first-order valence-electron chi connectivity index (χ1n) is 7.44. The van der Waals surface area contributed by atoms with Gasteiger partial charge in [0, 0.05) is 22.2 Å². The number of carbonyl (C=O) groups excluding carboxylic acids is 3. The van der Waals surface area contributed by atoms with Crippen LogP contribution in [0.3, 0.4) is 0 Å². The number of hydrogen-bond acceptors (Lipinski definition) is 6. The fourth-order valence-corrected chi connectivity index (χ4v) is 3.22. The molecule has 3 rings (SSSR count). The molecule has 0 saturated carbocycles. The van der Waals surface area contributed by atoms with Gasteiger partial charge in [-0.2, -0.15) is 5.01 Å². The molecular formula is C17H10BrN3O5S. The minimum Gasteiger partial charge on any atom is -0.267 e. The molecule has 1 aliphatic rings. The highest BCUT2D eigenvalue weighted by Gasteiger charge is 2.36. The second kappa shape index (κ2) is 7.72. The van der Waals surface area contributed by atoms with Crippen molar-refractivity contribution < 1.29 is 19.3 Å². The van der Waals surface area contributed by atoms with Crippen LogP contribution in [0.4, 0.5) is 10.5 Å². The summed E-state index contributed by atoms with van der Waals surface area (Å²) in [6.07, 6.45) is 1.55. The van der Waals surface area contributed by atoms with Gasteiger partial charge in [0.05, 0.1) is 9.83 Å². The number of thioether (sulfide) groups is 1. The first kappa shape index (κ1) is 18.8. The quantitative estimate of drug-likeness (QED) is 0.434. The fourth-order valence-electron chi connectivity index (χ4n) is 2.18. The van der Waals surface area contributed by atoms with Crippen molar-refractivity contribution in [1.82, 2.24) is 10.4 Å². The summed E-state index contributed by atoms with van der Waals surface area (Å²) in [5.74, 6) is -1.37. The van der Waals surface area contributed by atoms with Crippen LogP contribution >= 0.6 is 27.7 Å². The fraction of sp³-hybridized carbons (Fsp3) is 0. The van der Waals surface area contributed by atoms with E-state index in [9.17, 15) is 24.5 Å². The summed E-state index contributed by atoms with van der Waals surface area (Å²) in [5.41, 5.74) is 2.86. The van der Waals surface area contributed by atoms with Crippen molar-refractivity contribution in [1.29, 1.82) is 0 Å². The molecule has 1 saturated heterocycles. The molecule has 0 aromatic heterocycles. The smallest absolute Gasteiger partial charge is 0.267 e. The van der Waals surface area contributed by atoms with Crippen LogP contribution in [-0.2, 0) is 4.79 Å². The summed E-state index contributed by atoms with van der Waals surface area (Å²) in [5, 5.41) is 10.6. The predicted molar refractivity (Wildman–Crippen MR) is 103 cm³/mol.